The lowest BCUT2D eigenvalue weighted by atomic mass is 10.2. The van der Waals surface area contributed by atoms with Crippen molar-refractivity contribution in [2.75, 3.05) is 27.6 Å². The van der Waals surface area contributed by atoms with E-state index in [0.717, 1.165) is 15.6 Å². The highest BCUT2D eigenvalue weighted by Gasteiger charge is 2.33. The number of benzene rings is 2. The number of carbonyl (C=O) groups excluding carboxylic acids is 2. The molecule has 0 spiro atoms. The van der Waals surface area contributed by atoms with Crippen LogP contribution in [-0.4, -0.2) is 33.3 Å². The summed E-state index contributed by atoms with van der Waals surface area (Å²) in [6.07, 6.45) is 1.01. The Hall–Kier alpha value is -2.87. The Balaban J connectivity index is 1.74. The summed E-state index contributed by atoms with van der Waals surface area (Å²) in [5.74, 6) is -0.357. The molecule has 7 nitrogen and oxygen atoms in total. The smallest absolute Gasteiger partial charge is 0.264 e. The first-order valence-corrected chi connectivity index (χ1v) is 10.2. The lowest BCUT2D eigenvalue weighted by Crippen LogP contribution is -2.42. The molecule has 0 radical (unpaired) electrons. The van der Waals surface area contributed by atoms with Crippen molar-refractivity contribution in [3.05, 3.63) is 48.0 Å². The van der Waals surface area contributed by atoms with E-state index in [2.05, 4.69) is 5.32 Å². The monoisotopic (exact) mass is 385 g/mol. The molecule has 140 valence electrons. The second-order valence-electron chi connectivity index (χ2n) is 6.52. The summed E-state index contributed by atoms with van der Waals surface area (Å²) in [6.45, 7) is 2.09. The average Bonchev–Trinajstić information content (AvgIpc) is 3.10. The van der Waals surface area contributed by atoms with Gasteiger partial charge in [0.1, 0.15) is 6.54 Å². The van der Waals surface area contributed by atoms with Gasteiger partial charge < -0.3 is 10.2 Å². The summed E-state index contributed by atoms with van der Waals surface area (Å²) >= 11 is 0. The van der Waals surface area contributed by atoms with E-state index < -0.39 is 10.0 Å². The Morgan fingerprint density at radius 1 is 1.15 bits per heavy atom. The van der Waals surface area contributed by atoms with Crippen molar-refractivity contribution < 1.29 is 18.0 Å². The average molecular weight is 385 g/mol. The number of carbonyl (C=O) groups is 2. The molecule has 0 saturated carbocycles. The molecule has 0 saturated heterocycles. The molecule has 8 heteroatoms. The van der Waals surface area contributed by atoms with Gasteiger partial charge in [0.25, 0.3) is 10.0 Å². The molecule has 0 unspecified atom stereocenters. The van der Waals surface area contributed by atoms with Gasteiger partial charge in [0, 0.05) is 18.7 Å². The van der Waals surface area contributed by atoms with Gasteiger partial charge in [-0.05, 0) is 42.3 Å². The molecule has 2 amide bonds. The van der Waals surface area contributed by atoms with Gasteiger partial charge >= 0.3 is 0 Å². The zero-order valence-corrected chi connectivity index (χ0v) is 15.6. The molecule has 27 heavy (non-hydrogen) atoms. The minimum absolute atomic E-state index is 0.0194. The summed E-state index contributed by atoms with van der Waals surface area (Å²) in [4.78, 5) is 25.8. The maximum atomic E-state index is 13.2. The van der Waals surface area contributed by atoms with Gasteiger partial charge in [0.2, 0.25) is 11.8 Å². The summed E-state index contributed by atoms with van der Waals surface area (Å²) in [5, 5.41) is 2.69. The third-order valence-electron chi connectivity index (χ3n) is 4.87. The summed E-state index contributed by atoms with van der Waals surface area (Å²) < 4.78 is 27.6. The van der Waals surface area contributed by atoms with Crippen molar-refractivity contribution in [2.45, 2.75) is 24.7 Å². The van der Waals surface area contributed by atoms with Gasteiger partial charge in [0.05, 0.1) is 16.3 Å². The number of anilines is 3. The fraction of sp³-hybridized carbons (Fsp3) is 0.263. The maximum absolute atomic E-state index is 13.2. The molecule has 2 aromatic carbocycles. The van der Waals surface area contributed by atoms with E-state index in [-0.39, 0.29) is 23.3 Å². The first-order valence-electron chi connectivity index (χ1n) is 8.76. The molecular formula is C19H19N3O4S. The van der Waals surface area contributed by atoms with E-state index >= 15 is 0 Å². The number of amides is 2. The number of rotatable bonds is 3. The highest BCUT2D eigenvalue weighted by Crippen LogP contribution is 2.36. The van der Waals surface area contributed by atoms with Crippen LogP contribution in [0.2, 0.25) is 0 Å². The highest BCUT2D eigenvalue weighted by atomic mass is 32.2. The Labute approximate surface area is 157 Å². The first kappa shape index (κ1) is 17.5. The molecule has 0 atom stereocenters. The molecule has 2 aliphatic heterocycles. The van der Waals surface area contributed by atoms with Crippen LogP contribution in [-0.2, 0) is 26.0 Å². The molecule has 0 fully saturated rings. The summed E-state index contributed by atoms with van der Waals surface area (Å²) in [7, 11) is -3.90. The Bertz CT molecular complexity index is 1050. The molecule has 0 aromatic heterocycles. The third-order valence-corrected chi connectivity index (χ3v) is 6.63. The van der Waals surface area contributed by atoms with Crippen LogP contribution in [0.4, 0.5) is 17.1 Å². The highest BCUT2D eigenvalue weighted by molar-refractivity contribution is 7.92. The normalized spacial score (nSPS) is 16.0. The molecular weight excluding hydrogens is 366 g/mol. The van der Waals surface area contributed by atoms with Gasteiger partial charge in [-0.2, -0.15) is 0 Å². The first-order chi connectivity index (χ1) is 12.9. The Kier molecular flexibility index (Phi) is 4.15. The van der Waals surface area contributed by atoms with Crippen LogP contribution in [0.15, 0.2) is 47.4 Å². The van der Waals surface area contributed by atoms with E-state index in [1.165, 1.54) is 6.07 Å². The van der Waals surface area contributed by atoms with Crippen molar-refractivity contribution in [1.29, 1.82) is 0 Å². The van der Waals surface area contributed by atoms with E-state index in [0.29, 0.717) is 30.8 Å². The van der Waals surface area contributed by atoms with Crippen LogP contribution >= 0.6 is 0 Å². The minimum Gasteiger partial charge on any atom is -0.323 e. The molecule has 1 N–H and O–H groups in total. The van der Waals surface area contributed by atoms with Crippen LogP contribution in [0.25, 0.3) is 0 Å². The fourth-order valence-electron chi connectivity index (χ4n) is 3.53. The standard InChI is InChI=1S/C19H19N3O4S/c1-2-19(24)21-10-9-13-11-14(7-8-16(13)21)27(25,26)22-12-18(23)20-15-5-3-4-6-17(15)22/h3-8,11H,2,9-10,12H2,1H3,(H,20,23). The maximum Gasteiger partial charge on any atom is 0.264 e. The van der Waals surface area contributed by atoms with E-state index in [9.17, 15) is 18.0 Å². The number of sulfonamides is 1. The van der Waals surface area contributed by atoms with Gasteiger partial charge in [-0.3, -0.25) is 13.9 Å². The number of fused-ring (bicyclic) bond motifs is 2. The van der Waals surface area contributed by atoms with E-state index in [1.807, 2.05) is 0 Å². The SMILES string of the molecule is CCC(=O)N1CCc2cc(S(=O)(=O)N3CC(=O)Nc4ccccc43)ccc21. The molecule has 2 aliphatic rings. The predicted molar refractivity (Wildman–Crippen MR) is 102 cm³/mol. The number of hydrogen-bond acceptors (Lipinski definition) is 4. The van der Waals surface area contributed by atoms with Crippen LogP contribution in [0.5, 0.6) is 0 Å². The van der Waals surface area contributed by atoms with Gasteiger partial charge in [0.15, 0.2) is 0 Å². The van der Waals surface area contributed by atoms with Gasteiger partial charge in [-0.25, -0.2) is 8.42 Å². The Morgan fingerprint density at radius 3 is 2.70 bits per heavy atom. The second kappa shape index (κ2) is 6.38. The molecule has 2 heterocycles. The summed E-state index contributed by atoms with van der Waals surface area (Å²) in [5.41, 5.74) is 2.50. The zero-order chi connectivity index (χ0) is 19.2. The number of nitrogens with one attached hydrogen (secondary N) is 1. The largest absolute Gasteiger partial charge is 0.323 e. The van der Waals surface area contributed by atoms with Crippen LogP contribution in [0, 0.1) is 0 Å². The fourth-order valence-corrected chi connectivity index (χ4v) is 5.02. The van der Waals surface area contributed by atoms with Crippen LogP contribution < -0.4 is 14.5 Å². The second-order valence-corrected chi connectivity index (χ2v) is 8.38. The van der Waals surface area contributed by atoms with Crippen LogP contribution in [0.1, 0.15) is 18.9 Å². The van der Waals surface area contributed by atoms with Crippen molar-refractivity contribution in [2.24, 2.45) is 0 Å². The molecule has 0 bridgehead atoms. The molecule has 4 rings (SSSR count). The van der Waals surface area contributed by atoms with E-state index in [1.54, 1.807) is 48.2 Å². The number of para-hydroxylation sites is 2. The van der Waals surface area contributed by atoms with Gasteiger partial charge in [-0.15, -0.1) is 0 Å². The van der Waals surface area contributed by atoms with Crippen molar-refractivity contribution in [3.8, 4) is 0 Å². The van der Waals surface area contributed by atoms with Crippen molar-refractivity contribution in [1.82, 2.24) is 0 Å². The number of hydrogen-bond donors (Lipinski definition) is 1. The van der Waals surface area contributed by atoms with Gasteiger partial charge in [-0.1, -0.05) is 19.1 Å². The Morgan fingerprint density at radius 2 is 1.93 bits per heavy atom. The van der Waals surface area contributed by atoms with Crippen LogP contribution in [0.3, 0.4) is 0 Å². The lowest BCUT2D eigenvalue weighted by molar-refractivity contribution is -0.118. The quantitative estimate of drug-likeness (QED) is 0.877. The molecule has 2 aromatic rings. The molecule has 0 aliphatic carbocycles. The van der Waals surface area contributed by atoms with E-state index in [4.69, 9.17) is 0 Å². The number of nitrogens with zero attached hydrogens (tertiary/aromatic N) is 2. The minimum atomic E-state index is -3.90. The third kappa shape index (κ3) is 2.86. The topological polar surface area (TPSA) is 86.8 Å². The van der Waals surface area contributed by atoms with Crippen molar-refractivity contribution >= 4 is 38.9 Å². The predicted octanol–water partition coefficient (Wildman–Crippen LogP) is 2.13. The zero-order valence-electron chi connectivity index (χ0n) is 14.8. The summed E-state index contributed by atoms with van der Waals surface area (Å²) in [6, 6.07) is 11.6. The van der Waals surface area contributed by atoms with Crippen molar-refractivity contribution in [3.63, 3.8) is 0 Å². The lowest BCUT2D eigenvalue weighted by Gasteiger charge is -2.30.